The molecule has 2 N–H and O–H groups in total. The van der Waals surface area contributed by atoms with E-state index < -0.39 is 11.7 Å². The summed E-state index contributed by atoms with van der Waals surface area (Å²) in [7, 11) is 1.87. The van der Waals surface area contributed by atoms with Crippen LogP contribution in [0.2, 0.25) is 0 Å². The molecule has 31 heavy (non-hydrogen) atoms. The van der Waals surface area contributed by atoms with Gasteiger partial charge in [0, 0.05) is 26.3 Å². The molecular formula is C21H32F3IN6. The van der Waals surface area contributed by atoms with Crippen LogP contribution in [0, 0.1) is 0 Å². The zero-order valence-corrected chi connectivity index (χ0v) is 20.7. The van der Waals surface area contributed by atoms with E-state index in [-0.39, 0.29) is 30.0 Å². The fraction of sp³-hybridized carbons (Fsp3) is 0.524. The Kier molecular flexibility index (Phi) is 11.3. The van der Waals surface area contributed by atoms with Crippen LogP contribution in [0.4, 0.5) is 13.2 Å². The van der Waals surface area contributed by atoms with E-state index in [1.54, 1.807) is 23.0 Å². The maximum absolute atomic E-state index is 12.9. The van der Waals surface area contributed by atoms with Crippen molar-refractivity contribution in [2.24, 2.45) is 12.0 Å². The maximum Gasteiger partial charge on any atom is 0.416 e. The van der Waals surface area contributed by atoms with Crippen molar-refractivity contribution in [3.8, 4) is 0 Å². The first-order valence-electron chi connectivity index (χ1n) is 10.2. The summed E-state index contributed by atoms with van der Waals surface area (Å²) >= 11 is 0. The van der Waals surface area contributed by atoms with E-state index in [1.165, 1.54) is 0 Å². The number of guanidine groups is 1. The van der Waals surface area contributed by atoms with Gasteiger partial charge in [0.1, 0.15) is 0 Å². The lowest BCUT2D eigenvalue weighted by Gasteiger charge is -2.31. The lowest BCUT2D eigenvalue weighted by atomic mass is 10.0. The van der Waals surface area contributed by atoms with E-state index in [2.05, 4.69) is 25.6 Å². The molecule has 0 aliphatic rings. The number of hydrogen-bond acceptors (Lipinski definition) is 3. The Hall–Kier alpha value is -1.82. The van der Waals surface area contributed by atoms with Gasteiger partial charge in [-0.3, -0.25) is 9.58 Å². The predicted octanol–water partition coefficient (Wildman–Crippen LogP) is 4.20. The third kappa shape index (κ3) is 7.99. The molecule has 0 aliphatic heterocycles. The molecule has 0 saturated heterocycles. The molecule has 0 bridgehead atoms. The number of benzene rings is 1. The van der Waals surface area contributed by atoms with Gasteiger partial charge in [-0.05, 0) is 43.8 Å². The molecule has 0 saturated carbocycles. The lowest BCUT2D eigenvalue weighted by molar-refractivity contribution is -0.137. The molecule has 0 fully saturated rings. The lowest BCUT2D eigenvalue weighted by Crippen LogP contribution is -2.43. The van der Waals surface area contributed by atoms with Crippen LogP contribution < -0.4 is 10.6 Å². The molecule has 2 rings (SSSR count). The summed E-state index contributed by atoms with van der Waals surface area (Å²) in [4.78, 5) is 6.81. The average molecular weight is 552 g/mol. The highest BCUT2D eigenvalue weighted by molar-refractivity contribution is 14.0. The predicted molar refractivity (Wildman–Crippen MR) is 129 cm³/mol. The molecule has 1 atom stereocenters. The molecule has 0 radical (unpaired) electrons. The topological polar surface area (TPSA) is 57.5 Å². The number of hydrogen-bond donors (Lipinski definition) is 2. The van der Waals surface area contributed by atoms with Gasteiger partial charge in [-0.25, -0.2) is 4.99 Å². The number of rotatable bonds is 9. The van der Waals surface area contributed by atoms with Gasteiger partial charge < -0.3 is 10.6 Å². The second-order valence-electron chi connectivity index (χ2n) is 6.88. The van der Waals surface area contributed by atoms with Gasteiger partial charge in [-0.2, -0.15) is 18.3 Å². The summed E-state index contributed by atoms with van der Waals surface area (Å²) in [6, 6.07) is 7.25. The van der Waals surface area contributed by atoms with E-state index in [0.717, 1.165) is 36.5 Å². The molecule has 6 nitrogen and oxygen atoms in total. The standard InChI is InChI=1S/C21H31F3N6.HI/c1-5-25-20(26-14-18-12-13-28-29(18)4)27-15-19(30(6-2)7-3)16-8-10-17(11-9-16)21(22,23)24;/h8-13,19H,5-7,14-15H2,1-4H3,(H2,25,26,27);1H. The van der Waals surface area contributed by atoms with Gasteiger partial charge >= 0.3 is 6.18 Å². The quantitative estimate of drug-likeness (QED) is 0.278. The van der Waals surface area contributed by atoms with Crippen molar-refractivity contribution in [3.63, 3.8) is 0 Å². The number of alkyl halides is 3. The fourth-order valence-electron chi connectivity index (χ4n) is 3.27. The monoisotopic (exact) mass is 552 g/mol. The zero-order valence-electron chi connectivity index (χ0n) is 18.4. The number of aromatic nitrogens is 2. The van der Waals surface area contributed by atoms with Crippen LogP contribution in [0.5, 0.6) is 0 Å². The number of likely N-dealkylation sites (N-methyl/N-ethyl adjacent to an activating group) is 1. The van der Waals surface area contributed by atoms with Gasteiger partial charge in [0.05, 0.1) is 23.8 Å². The number of halogens is 4. The Morgan fingerprint density at radius 2 is 1.74 bits per heavy atom. The first kappa shape index (κ1) is 27.2. The SMILES string of the molecule is CCNC(=NCc1ccnn1C)NCC(c1ccc(C(F)(F)F)cc1)N(CC)CC.I. The van der Waals surface area contributed by atoms with Gasteiger partial charge in [0.2, 0.25) is 0 Å². The van der Waals surface area contributed by atoms with Gasteiger partial charge in [-0.1, -0.05) is 26.0 Å². The number of aryl methyl sites for hydroxylation is 1. The Labute approximate surface area is 199 Å². The second kappa shape index (κ2) is 12.9. The van der Waals surface area contributed by atoms with Crippen LogP contribution in [0.15, 0.2) is 41.5 Å². The number of aliphatic imine (C=N–C) groups is 1. The Bertz CT molecular complexity index is 800. The van der Waals surface area contributed by atoms with Crippen molar-refractivity contribution >= 4 is 29.9 Å². The second-order valence-corrected chi connectivity index (χ2v) is 6.88. The Balaban J connectivity index is 0.00000480. The normalized spacial score (nSPS) is 13.1. The van der Waals surface area contributed by atoms with Crippen LogP contribution in [0.1, 0.15) is 43.6 Å². The molecule has 1 heterocycles. The number of nitrogens with one attached hydrogen (secondary N) is 2. The third-order valence-corrected chi connectivity index (χ3v) is 5.00. The highest BCUT2D eigenvalue weighted by atomic mass is 127. The highest BCUT2D eigenvalue weighted by Gasteiger charge is 2.30. The van der Waals surface area contributed by atoms with Crippen molar-refractivity contribution in [1.29, 1.82) is 0 Å². The van der Waals surface area contributed by atoms with E-state index in [4.69, 9.17) is 0 Å². The van der Waals surface area contributed by atoms with E-state index in [9.17, 15) is 13.2 Å². The van der Waals surface area contributed by atoms with Crippen LogP contribution in [0.3, 0.4) is 0 Å². The average Bonchev–Trinajstić information content (AvgIpc) is 3.13. The highest BCUT2D eigenvalue weighted by Crippen LogP contribution is 2.30. The fourth-order valence-corrected chi connectivity index (χ4v) is 3.27. The van der Waals surface area contributed by atoms with Crippen LogP contribution in [0.25, 0.3) is 0 Å². The van der Waals surface area contributed by atoms with E-state index in [1.807, 2.05) is 33.9 Å². The summed E-state index contributed by atoms with van der Waals surface area (Å²) in [6.45, 7) is 9.34. The smallest absolute Gasteiger partial charge is 0.357 e. The molecular weight excluding hydrogens is 520 g/mol. The van der Waals surface area contributed by atoms with Gasteiger partial charge in [-0.15, -0.1) is 24.0 Å². The van der Waals surface area contributed by atoms with Crippen molar-refractivity contribution in [1.82, 2.24) is 25.3 Å². The minimum Gasteiger partial charge on any atom is -0.357 e. The molecule has 174 valence electrons. The Morgan fingerprint density at radius 3 is 2.23 bits per heavy atom. The molecule has 1 aromatic carbocycles. The van der Waals surface area contributed by atoms with Crippen LogP contribution in [-0.4, -0.2) is 46.8 Å². The first-order valence-corrected chi connectivity index (χ1v) is 10.2. The minimum atomic E-state index is -4.34. The summed E-state index contributed by atoms with van der Waals surface area (Å²) in [5.41, 5.74) is 1.18. The van der Waals surface area contributed by atoms with Crippen LogP contribution >= 0.6 is 24.0 Å². The third-order valence-electron chi connectivity index (χ3n) is 5.00. The first-order chi connectivity index (χ1) is 14.3. The van der Waals surface area contributed by atoms with Crippen molar-refractivity contribution in [3.05, 3.63) is 53.3 Å². The molecule has 0 amide bonds. The van der Waals surface area contributed by atoms with Crippen molar-refractivity contribution in [2.45, 2.75) is 39.5 Å². The summed E-state index contributed by atoms with van der Waals surface area (Å²) in [6.07, 6.45) is -2.61. The van der Waals surface area contributed by atoms with Gasteiger partial charge in [0.25, 0.3) is 0 Å². The van der Waals surface area contributed by atoms with E-state index >= 15 is 0 Å². The molecule has 1 unspecified atom stereocenters. The van der Waals surface area contributed by atoms with E-state index in [0.29, 0.717) is 25.6 Å². The molecule has 0 aliphatic carbocycles. The maximum atomic E-state index is 12.9. The van der Waals surface area contributed by atoms with Crippen LogP contribution in [-0.2, 0) is 19.8 Å². The summed E-state index contributed by atoms with van der Waals surface area (Å²) in [5, 5.41) is 10.7. The van der Waals surface area contributed by atoms with Crippen molar-refractivity contribution < 1.29 is 13.2 Å². The largest absolute Gasteiger partial charge is 0.416 e. The Morgan fingerprint density at radius 1 is 1.10 bits per heavy atom. The molecule has 2 aromatic rings. The molecule has 1 aromatic heterocycles. The molecule has 0 spiro atoms. The molecule has 10 heteroatoms. The van der Waals surface area contributed by atoms with Crippen molar-refractivity contribution in [2.75, 3.05) is 26.2 Å². The summed E-state index contributed by atoms with van der Waals surface area (Å²) in [5.74, 6) is 0.655. The summed E-state index contributed by atoms with van der Waals surface area (Å²) < 4.78 is 40.6. The van der Waals surface area contributed by atoms with Gasteiger partial charge in [0.15, 0.2) is 5.96 Å². The minimum absolute atomic E-state index is 0. The number of nitrogens with zero attached hydrogens (tertiary/aromatic N) is 4. The zero-order chi connectivity index (χ0) is 22.1.